The molecule has 4 heteroatoms. The molecule has 0 aliphatic rings. The molecule has 13 heavy (non-hydrogen) atoms. The first-order valence-corrected chi connectivity index (χ1v) is 4.85. The topological polar surface area (TPSA) is 49.4 Å². The van der Waals surface area contributed by atoms with Crippen molar-refractivity contribution in [3.8, 4) is 5.75 Å². The van der Waals surface area contributed by atoms with E-state index in [9.17, 15) is 9.90 Å². The van der Waals surface area contributed by atoms with Crippen LogP contribution in [0.2, 0.25) is 0 Å². The molecule has 0 aliphatic heterocycles. The summed E-state index contributed by atoms with van der Waals surface area (Å²) >= 11 is 1.53. The zero-order valence-corrected chi connectivity index (χ0v) is 8.18. The highest BCUT2D eigenvalue weighted by Gasteiger charge is 2.04. The van der Waals surface area contributed by atoms with Crippen LogP contribution in [-0.4, -0.2) is 19.3 Å². The van der Waals surface area contributed by atoms with E-state index >= 15 is 0 Å². The molecule has 0 atom stereocenters. The lowest BCUT2D eigenvalue weighted by Gasteiger charge is -2.09. The van der Waals surface area contributed by atoms with Crippen LogP contribution >= 0.6 is 11.8 Å². The lowest BCUT2D eigenvalue weighted by Crippen LogP contribution is -2.22. The van der Waals surface area contributed by atoms with E-state index in [0.717, 1.165) is 4.90 Å². The van der Waals surface area contributed by atoms with Gasteiger partial charge in [0, 0.05) is 10.5 Å². The van der Waals surface area contributed by atoms with E-state index in [4.69, 9.17) is 4.74 Å². The van der Waals surface area contributed by atoms with Gasteiger partial charge in [0.1, 0.15) is 5.75 Å². The number of rotatable bonds is 3. The minimum absolute atomic E-state index is 0.0836. The van der Waals surface area contributed by atoms with Gasteiger partial charge in [-0.25, -0.2) is 0 Å². The third kappa shape index (κ3) is 2.15. The summed E-state index contributed by atoms with van der Waals surface area (Å²) in [5.41, 5.74) is 0.0836. The van der Waals surface area contributed by atoms with Crippen molar-refractivity contribution in [3.05, 3.63) is 23.8 Å². The number of carbonyl (C=O) groups excluding carboxylic acids is 1. The minimum Gasteiger partial charge on any atom is -0.545 e. The average Bonchev–Trinajstić information content (AvgIpc) is 2.16. The number of carboxylic acid groups (broad SMARTS) is 1. The molecule has 1 aromatic carbocycles. The maximum atomic E-state index is 10.6. The normalized spacial score (nSPS) is 9.69. The van der Waals surface area contributed by atoms with Gasteiger partial charge in [0.15, 0.2) is 0 Å². The van der Waals surface area contributed by atoms with Crippen molar-refractivity contribution in [1.29, 1.82) is 0 Å². The number of methoxy groups -OCH3 is 1. The quantitative estimate of drug-likeness (QED) is 0.672. The van der Waals surface area contributed by atoms with Gasteiger partial charge in [-0.2, -0.15) is 0 Å². The Kier molecular flexibility index (Phi) is 3.19. The van der Waals surface area contributed by atoms with Crippen LogP contribution in [0.25, 0.3) is 0 Å². The third-order valence-electron chi connectivity index (χ3n) is 1.63. The Labute approximate surface area is 80.7 Å². The highest BCUT2D eigenvalue weighted by atomic mass is 32.2. The van der Waals surface area contributed by atoms with Gasteiger partial charge < -0.3 is 14.6 Å². The smallest absolute Gasteiger partial charge is 0.129 e. The molecular formula is C9H9O3S-. The molecule has 1 aromatic rings. The maximum absolute atomic E-state index is 10.6. The fraction of sp³-hybridized carbons (Fsp3) is 0.222. The van der Waals surface area contributed by atoms with Gasteiger partial charge >= 0.3 is 0 Å². The molecule has 0 N–H and O–H groups in total. The third-order valence-corrected chi connectivity index (χ3v) is 2.35. The molecule has 0 amide bonds. The second-order valence-electron chi connectivity index (χ2n) is 2.35. The SMILES string of the molecule is COc1cc(SC)ccc1C(=O)[O-]. The lowest BCUT2D eigenvalue weighted by atomic mass is 10.2. The summed E-state index contributed by atoms with van der Waals surface area (Å²) in [6, 6.07) is 4.88. The largest absolute Gasteiger partial charge is 0.545 e. The number of aromatic carboxylic acids is 1. The summed E-state index contributed by atoms with van der Waals surface area (Å²) in [6.07, 6.45) is 1.91. The number of hydrogen-bond donors (Lipinski definition) is 0. The van der Waals surface area contributed by atoms with Crippen LogP contribution < -0.4 is 9.84 Å². The van der Waals surface area contributed by atoms with Crippen LogP contribution in [0.1, 0.15) is 10.4 Å². The number of thioether (sulfide) groups is 1. The van der Waals surface area contributed by atoms with Gasteiger partial charge in [-0.3, -0.25) is 0 Å². The van der Waals surface area contributed by atoms with Gasteiger partial charge in [-0.1, -0.05) is 0 Å². The summed E-state index contributed by atoms with van der Waals surface area (Å²) < 4.78 is 4.91. The van der Waals surface area contributed by atoms with Gasteiger partial charge in [-0.05, 0) is 24.5 Å². The number of benzene rings is 1. The second-order valence-corrected chi connectivity index (χ2v) is 3.23. The van der Waals surface area contributed by atoms with E-state index < -0.39 is 5.97 Å². The standard InChI is InChI=1S/C9H10O3S/c1-12-8-5-6(13-2)3-4-7(8)9(10)11/h3-5H,1-2H3,(H,10,11)/p-1. The van der Waals surface area contributed by atoms with Crippen LogP contribution in [0.3, 0.4) is 0 Å². The van der Waals surface area contributed by atoms with Crippen LogP contribution in [0.15, 0.2) is 23.1 Å². The first kappa shape index (κ1) is 9.92. The Balaban J connectivity index is 3.15. The maximum Gasteiger partial charge on any atom is 0.129 e. The Morgan fingerprint density at radius 3 is 2.69 bits per heavy atom. The Bertz CT molecular complexity index is 323. The highest BCUT2D eigenvalue weighted by Crippen LogP contribution is 2.24. The molecule has 0 spiro atoms. The molecule has 0 unspecified atom stereocenters. The van der Waals surface area contributed by atoms with Crippen LogP contribution in [0, 0.1) is 0 Å². The number of hydrogen-bond acceptors (Lipinski definition) is 4. The molecule has 0 aliphatic carbocycles. The highest BCUT2D eigenvalue weighted by molar-refractivity contribution is 7.98. The van der Waals surface area contributed by atoms with E-state index in [2.05, 4.69) is 0 Å². The summed E-state index contributed by atoms with van der Waals surface area (Å²) in [4.78, 5) is 11.5. The second kappa shape index (κ2) is 4.18. The van der Waals surface area contributed by atoms with Crippen LogP contribution in [-0.2, 0) is 0 Å². The van der Waals surface area contributed by atoms with E-state index in [0.29, 0.717) is 5.75 Å². The Hall–Kier alpha value is -1.16. The Morgan fingerprint density at radius 2 is 2.23 bits per heavy atom. The molecule has 0 saturated heterocycles. The fourth-order valence-corrected chi connectivity index (χ4v) is 1.40. The summed E-state index contributed by atoms with van der Waals surface area (Å²) in [5.74, 6) is -0.878. The van der Waals surface area contributed by atoms with Gasteiger partial charge in [-0.15, -0.1) is 11.8 Å². The van der Waals surface area contributed by atoms with E-state index in [1.54, 1.807) is 12.1 Å². The van der Waals surface area contributed by atoms with Gasteiger partial charge in [0.2, 0.25) is 0 Å². The zero-order valence-electron chi connectivity index (χ0n) is 7.37. The van der Waals surface area contributed by atoms with Crippen molar-refractivity contribution in [1.82, 2.24) is 0 Å². The molecule has 70 valence electrons. The fourth-order valence-electron chi connectivity index (χ4n) is 0.967. The predicted molar refractivity (Wildman–Crippen MR) is 49.1 cm³/mol. The van der Waals surface area contributed by atoms with Crippen LogP contribution in [0.4, 0.5) is 0 Å². The first-order chi connectivity index (χ1) is 6.19. The van der Waals surface area contributed by atoms with Crippen molar-refractivity contribution >= 4 is 17.7 Å². The molecule has 0 aromatic heterocycles. The molecule has 1 rings (SSSR count). The van der Waals surface area contributed by atoms with E-state index in [-0.39, 0.29) is 5.56 Å². The van der Waals surface area contributed by atoms with Crippen molar-refractivity contribution in [2.75, 3.05) is 13.4 Å². The number of carboxylic acids is 1. The van der Waals surface area contributed by atoms with Crippen LogP contribution in [0.5, 0.6) is 5.75 Å². The number of carbonyl (C=O) groups is 1. The summed E-state index contributed by atoms with van der Waals surface area (Å²) in [6.45, 7) is 0. The monoisotopic (exact) mass is 197 g/mol. The zero-order chi connectivity index (χ0) is 9.84. The van der Waals surface area contributed by atoms with Crippen molar-refractivity contribution in [3.63, 3.8) is 0 Å². The molecule has 3 nitrogen and oxygen atoms in total. The number of ether oxygens (including phenoxy) is 1. The first-order valence-electron chi connectivity index (χ1n) is 3.62. The molecule has 0 radical (unpaired) electrons. The van der Waals surface area contributed by atoms with Gasteiger partial charge in [0.05, 0.1) is 13.1 Å². The summed E-state index contributed by atoms with van der Waals surface area (Å²) in [5, 5.41) is 10.6. The van der Waals surface area contributed by atoms with E-state index in [1.165, 1.54) is 24.9 Å². The lowest BCUT2D eigenvalue weighted by molar-refractivity contribution is -0.255. The minimum atomic E-state index is -1.22. The Morgan fingerprint density at radius 1 is 1.54 bits per heavy atom. The average molecular weight is 197 g/mol. The van der Waals surface area contributed by atoms with Crippen molar-refractivity contribution < 1.29 is 14.6 Å². The molecule has 0 heterocycles. The van der Waals surface area contributed by atoms with Crippen molar-refractivity contribution in [2.45, 2.75) is 4.90 Å². The summed E-state index contributed by atoms with van der Waals surface area (Å²) in [7, 11) is 1.44. The molecule has 0 fully saturated rings. The van der Waals surface area contributed by atoms with E-state index in [1.807, 2.05) is 6.26 Å². The van der Waals surface area contributed by atoms with Crippen molar-refractivity contribution in [2.24, 2.45) is 0 Å². The predicted octanol–water partition coefficient (Wildman–Crippen LogP) is 0.781. The molecule has 0 bridgehead atoms. The van der Waals surface area contributed by atoms with Gasteiger partial charge in [0.25, 0.3) is 0 Å². The molecule has 0 saturated carbocycles. The molecular weight excluding hydrogens is 188 g/mol.